The number of hydrogen-bond donors (Lipinski definition) is 1. The van der Waals surface area contributed by atoms with Crippen LogP contribution in [0.1, 0.15) is 36.9 Å². The monoisotopic (exact) mass is 237 g/mol. The Kier molecular flexibility index (Phi) is 3.38. The molecular weight excluding hydrogens is 218 g/mol. The normalized spacial score (nSPS) is 26.5. The van der Waals surface area contributed by atoms with Crippen LogP contribution in [0.5, 0.6) is 0 Å². The Hall–Kier alpha value is -0.940. The number of ether oxygens (including phenoxy) is 1. The lowest BCUT2D eigenvalue weighted by Crippen LogP contribution is -2.28. The lowest BCUT2D eigenvalue weighted by Gasteiger charge is -2.20. The van der Waals surface area contributed by atoms with Crippen molar-refractivity contribution in [1.82, 2.24) is 15.5 Å². The van der Waals surface area contributed by atoms with E-state index in [9.17, 15) is 0 Å². The van der Waals surface area contributed by atoms with Crippen molar-refractivity contribution in [3.05, 3.63) is 11.7 Å². The van der Waals surface area contributed by atoms with Gasteiger partial charge in [0, 0.05) is 18.9 Å². The van der Waals surface area contributed by atoms with Crippen LogP contribution in [0.2, 0.25) is 0 Å². The average Bonchev–Trinajstić information content (AvgIpc) is 3.00. The summed E-state index contributed by atoms with van der Waals surface area (Å²) in [6.45, 7) is 3.79. The first-order valence-corrected chi connectivity index (χ1v) is 6.53. The van der Waals surface area contributed by atoms with Crippen LogP contribution in [0, 0.1) is 5.92 Å². The van der Waals surface area contributed by atoms with Crippen LogP contribution >= 0.6 is 0 Å². The van der Waals surface area contributed by atoms with Crippen LogP contribution in [0.4, 0.5) is 0 Å². The SMILES string of the molecule is C1CC(Cc2nc(C3CCOC3)no2)CCN1. The van der Waals surface area contributed by atoms with Crippen molar-refractivity contribution in [2.75, 3.05) is 26.3 Å². The van der Waals surface area contributed by atoms with Crippen molar-refractivity contribution < 1.29 is 9.26 Å². The van der Waals surface area contributed by atoms with Crippen molar-refractivity contribution >= 4 is 0 Å². The van der Waals surface area contributed by atoms with Crippen LogP contribution in [-0.2, 0) is 11.2 Å². The first kappa shape index (κ1) is 11.2. The summed E-state index contributed by atoms with van der Waals surface area (Å²) in [6, 6.07) is 0. The number of rotatable bonds is 3. The molecule has 2 fully saturated rings. The van der Waals surface area contributed by atoms with Gasteiger partial charge in [-0.3, -0.25) is 0 Å². The number of nitrogens with one attached hydrogen (secondary N) is 1. The fraction of sp³-hybridized carbons (Fsp3) is 0.833. The van der Waals surface area contributed by atoms with Gasteiger partial charge in [-0.25, -0.2) is 0 Å². The molecule has 94 valence electrons. The molecule has 5 nitrogen and oxygen atoms in total. The molecule has 2 aliphatic heterocycles. The fourth-order valence-electron chi connectivity index (χ4n) is 2.59. The predicted octanol–water partition coefficient (Wildman–Crippen LogP) is 1.12. The second-order valence-electron chi connectivity index (χ2n) is 5.00. The van der Waals surface area contributed by atoms with E-state index in [1.54, 1.807) is 0 Å². The molecule has 0 radical (unpaired) electrons. The molecule has 1 N–H and O–H groups in total. The van der Waals surface area contributed by atoms with Crippen LogP contribution < -0.4 is 5.32 Å². The van der Waals surface area contributed by atoms with E-state index < -0.39 is 0 Å². The summed E-state index contributed by atoms with van der Waals surface area (Å²) in [5.74, 6) is 2.69. The van der Waals surface area contributed by atoms with Crippen LogP contribution in [0.3, 0.4) is 0 Å². The maximum Gasteiger partial charge on any atom is 0.226 e. The Balaban J connectivity index is 1.59. The Morgan fingerprint density at radius 2 is 2.12 bits per heavy atom. The molecule has 5 heteroatoms. The summed E-state index contributed by atoms with van der Waals surface area (Å²) in [5.41, 5.74) is 0. The molecule has 1 unspecified atom stereocenters. The van der Waals surface area contributed by atoms with E-state index in [1.165, 1.54) is 12.8 Å². The molecule has 2 aliphatic rings. The molecule has 1 aromatic rings. The van der Waals surface area contributed by atoms with Crippen LogP contribution in [0.25, 0.3) is 0 Å². The molecule has 3 rings (SSSR count). The minimum Gasteiger partial charge on any atom is -0.381 e. The Bertz CT molecular complexity index is 354. The van der Waals surface area contributed by atoms with Crippen molar-refractivity contribution in [3.63, 3.8) is 0 Å². The zero-order valence-electron chi connectivity index (χ0n) is 10.0. The molecule has 0 amide bonds. The van der Waals surface area contributed by atoms with E-state index in [0.29, 0.717) is 11.8 Å². The van der Waals surface area contributed by atoms with E-state index in [2.05, 4.69) is 15.5 Å². The molecule has 2 saturated heterocycles. The minimum atomic E-state index is 0.348. The first-order chi connectivity index (χ1) is 8.42. The molecule has 0 aromatic carbocycles. The first-order valence-electron chi connectivity index (χ1n) is 6.53. The highest BCUT2D eigenvalue weighted by Gasteiger charge is 2.24. The zero-order chi connectivity index (χ0) is 11.5. The molecule has 0 bridgehead atoms. The largest absolute Gasteiger partial charge is 0.381 e. The fourth-order valence-corrected chi connectivity index (χ4v) is 2.59. The number of piperidine rings is 1. The summed E-state index contributed by atoms with van der Waals surface area (Å²) in [7, 11) is 0. The van der Waals surface area contributed by atoms with Gasteiger partial charge in [-0.1, -0.05) is 5.16 Å². The molecule has 17 heavy (non-hydrogen) atoms. The lowest BCUT2D eigenvalue weighted by atomic mass is 9.95. The van der Waals surface area contributed by atoms with Gasteiger partial charge in [-0.15, -0.1) is 0 Å². The molecule has 1 atom stereocenters. The topological polar surface area (TPSA) is 60.2 Å². The van der Waals surface area contributed by atoms with Crippen molar-refractivity contribution in [1.29, 1.82) is 0 Å². The molecule has 3 heterocycles. The summed E-state index contributed by atoms with van der Waals surface area (Å²) in [5, 5.41) is 7.45. The zero-order valence-corrected chi connectivity index (χ0v) is 10.0. The van der Waals surface area contributed by atoms with Gasteiger partial charge in [0.2, 0.25) is 5.89 Å². The van der Waals surface area contributed by atoms with Gasteiger partial charge in [0.1, 0.15) is 0 Å². The van der Waals surface area contributed by atoms with Gasteiger partial charge >= 0.3 is 0 Å². The van der Waals surface area contributed by atoms with E-state index >= 15 is 0 Å². The van der Waals surface area contributed by atoms with E-state index in [4.69, 9.17) is 9.26 Å². The Morgan fingerprint density at radius 3 is 2.88 bits per heavy atom. The van der Waals surface area contributed by atoms with Crippen LogP contribution in [-0.4, -0.2) is 36.4 Å². The highest BCUT2D eigenvalue weighted by molar-refractivity contribution is 4.98. The maximum atomic E-state index is 5.34. The van der Waals surface area contributed by atoms with Gasteiger partial charge in [-0.2, -0.15) is 4.98 Å². The minimum absolute atomic E-state index is 0.348. The average molecular weight is 237 g/mol. The molecular formula is C12H19N3O2. The standard InChI is InChI=1S/C12H19N3O2/c1-4-13-5-2-9(1)7-11-14-12(15-17-11)10-3-6-16-8-10/h9-10,13H,1-8H2. The van der Waals surface area contributed by atoms with E-state index in [-0.39, 0.29) is 0 Å². The van der Waals surface area contributed by atoms with E-state index in [0.717, 1.165) is 50.9 Å². The van der Waals surface area contributed by atoms with Gasteiger partial charge in [0.25, 0.3) is 0 Å². The highest BCUT2D eigenvalue weighted by atomic mass is 16.5. The highest BCUT2D eigenvalue weighted by Crippen LogP contribution is 2.24. The summed E-state index contributed by atoms with van der Waals surface area (Å²) >= 11 is 0. The van der Waals surface area contributed by atoms with E-state index in [1.807, 2.05) is 0 Å². The summed E-state index contributed by atoms with van der Waals surface area (Å²) in [6.07, 6.45) is 4.38. The summed E-state index contributed by atoms with van der Waals surface area (Å²) < 4.78 is 10.7. The number of hydrogen-bond acceptors (Lipinski definition) is 5. The second-order valence-corrected chi connectivity index (χ2v) is 5.00. The Morgan fingerprint density at radius 1 is 1.24 bits per heavy atom. The molecule has 0 saturated carbocycles. The van der Waals surface area contributed by atoms with Crippen LogP contribution in [0.15, 0.2) is 4.52 Å². The van der Waals surface area contributed by atoms with Crippen molar-refractivity contribution in [3.8, 4) is 0 Å². The third kappa shape index (κ3) is 2.66. The van der Waals surface area contributed by atoms with Crippen molar-refractivity contribution in [2.45, 2.75) is 31.6 Å². The number of aromatic nitrogens is 2. The summed E-state index contributed by atoms with van der Waals surface area (Å²) in [4.78, 5) is 4.51. The Labute approximate surface area is 101 Å². The quantitative estimate of drug-likeness (QED) is 0.853. The molecule has 1 aromatic heterocycles. The smallest absolute Gasteiger partial charge is 0.226 e. The van der Waals surface area contributed by atoms with Crippen molar-refractivity contribution in [2.24, 2.45) is 5.92 Å². The maximum absolute atomic E-state index is 5.34. The van der Waals surface area contributed by atoms with Gasteiger partial charge in [0.15, 0.2) is 5.82 Å². The van der Waals surface area contributed by atoms with Gasteiger partial charge in [-0.05, 0) is 38.3 Å². The molecule has 0 aliphatic carbocycles. The lowest BCUT2D eigenvalue weighted by molar-refractivity contribution is 0.192. The predicted molar refractivity (Wildman–Crippen MR) is 61.8 cm³/mol. The second kappa shape index (κ2) is 5.14. The van der Waals surface area contributed by atoms with Gasteiger partial charge < -0.3 is 14.6 Å². The van der Waals surface area contributed by atoms with Gasteiger partial charge in [0.05, 0.1) is 6.61 Å². The third-order valence-electron chi connectivity index (χ3n) is 3.70. The number of nitrogens with zero attached hydrogens (tertiary/aromatic N) is 2. The third-order valence-corrected chi connectivity index (χ3v) is 3.70. The molecule has 0 spiro atoms.